The third kappa shape index (κ3) is 7.47. The van der Waals surface area contributed by atoms with Gasteiger partial charge in [0.05, 0.1) is 6.61 Å². The summed E-state index contributed by atoms with van der Waals surface area (Å²) >= 11 is 0. The first-order valence-electron chi connectivity index (χ1n) is 4.94. The number of nitrogens with two attached hydrogens (primary N) is 1. The Morgan fingerprint density at radius 3 is 2.44 bits per heavy atom. The molecule has 0 bridgehead atoms. The summed E-state index contributed by atoms with van der Waals surface area (Å²) in [6, 6.07) is 0. The Morgan fingerprint density at radius 1 is 1.38 bits per heavy atom. The molecule has 96 valence electrons. The number of hydrogen-bond donors (Lipinski definition) is 1. The normalized spacial score (nSPS) is 11.6. The van der Waals surface area contributed by atoms with Gasteiger partial charge in [0.1, 0.15) is 6.42 Å². The van der Waals surface area contributed by atoms with Gasteiger partial charge in [-0.25, -0.2) is 0 Å². The van der Waals surface area contributed by atoms with Gasteiger partial charge >= 0.3 is 6.18 Å². The van der Waals surface area contributed by atoms with Crippen molar-refractivity contribution in [2.75, 3.05) is 33.4 Å². The molecule has 0 atom stereocenters. The summed E-state index contributed by atoms with van der Waals surface area (Å²) in [5.74, 6) is -0.932. The lowest BCUT2D eigenvalue weighted by molar-refractivity contribution is -0.161. The van der Waals surface area contributed by atoms with E-state index in [1.165, 1.54) is 7.11 Å². The molecule has 4 nitrogen and oxygen atoms in total. The standard InChI is InChI=1S/C9H17F3N2O2/c1-16-6-5-14(4-2-3-13)8(15)7-9(10,11)12/h2-7,13H2,1H3. The minimum Gasteiger partial charge on any atom is -0.383 e. The Bertz CT molecular complexity index is 201. The largest absolute Gasteiger partial charge is 0.397 e. The Labute approximate surface area is 92.5 Å². The van der Waals surface area contributed by atoms with Crippen LogP contribution in [0.2, 0.25) is 0 Å². The van der Waals surface area contributed by atoms with Crippen LogP contribution in [0.25, 0.3) is 0 Å². The summed E-state index contributed by atoms with van der Waals surface area (Å²) in [7, 11) is 1.43. The predicted octanol–water partition coefficient (Wildman–Crippen LogP) is 0.763. The first-order chi connectivity index (χ1) is 7.40. The molecule has 2 N–H and O–H groups in total. The van der Waals surface area contributed by atoms with Crippen LogP contribution in [0, 0.1) is 0 Å². The van der Waals surface area contributed by atoms with Gasteiger partial charge in [0.2, 0.25) is 5.91 Å². The predicted molar refractivity (Wildman–Crippen MR) is 52.8 cm³/mol. The van der Waals surface area contributed by atoms with E-state index in [-0.39, 0.29) is 19.7 Å². The summed E-state index contributed by atoms with van der Waals surface area (Å²) in [5, 5.41) is 0. The van der Waals surface area contributed by atoms with Crippen LogP contribution in [0.5, 0.6) is 0 Å². The molecule has 0 aliphatic heterocycles. The van der Waals surface area contributed by atoms with Crippen LogP contribution in [0.15, 0.2) is 0 Å². The molecule has 0 saturated carbocycles. The molecule has 0 radical (unpaired) electrons. The Balaban J connectivity index is 4.19. The van der Waals surface area contributed by atoms with Crippen molar-refractivity contribution in [3.05, 3.63) is 0 Å². The van der Waals surface area contributed by atoms with E-state index >= 15 is 0 Å². The number of rotatable bonds is 7. The second-order valence-electron chi connectivity index (χ2n) is 3.31. The van der Waals surface area contributed by atoms with Gasteiger partial charge in [0, 0.05) is 20.2 Å². The van der Waals surface area contributed by atoms with Gasteiger partial charge in [-0.05, 0) is 13.0 Å². The van der Waals surface area contributed by atoms with Crippen LogP contribution in [0.3, 0.4) is 0 Å². The summed E-state index contributed by atoms with van der Waals surface area (Å²) in [6.07, 6.45) is -5.42. The minimum atomic E-state index is -4.47. The second-order valence-corrected chi connectivity index (χ2v) is 3.31. The van der Waals surface area contributed by atoms with Gasteiger partial charge in [-0.3, -0.25) is 4.79 Å². The lowest BCUT2D eigenvalue weighted by Crippen LogP contribution is -2.37. The second kappa shape index (κ2) is 7.45. The van der Waals surface area contributed by atoms with Crippen LogP contribution in [-0.4, -0.2) is 50.3 Å². The molecular formula is C9H17F3N2O2. The molecular weight excluding hydrogens is 225 g/mol. The van der Waals surface area contributed by atoms with Crippen molar-refractivity contribution in [2.45, 2.75) is 19.0 Å². The Morgan fingerprint density at radius 2 is 2.00 bits per heavy atom. The zero-order valence-corrected chi connectivity index (χ0v) is 9.22. The number of nitrogens with zero attached hydrogens (tertiary/aromatic N) is 1. The molecule has 16 heavy (non-hydrogen) atoms. The Kier molecular flexibility index (Phi) is 7.07. The fourth-order valence-corrected chi connectivity index (χ4v) is 1.13. The van der Waals surface area contributed by atoms with Crippen LogP contribution >= 0.6 is 0 Å². The maximum Gasteiger partial charge on any atom is 0.397 e. The quantitative estimate of drug-likeness (QED) is 0.717. The first-order valence-corrected chi connectivity index (χ1v) is 4.94. The molecule has 0 aromatic carbocycles. The van der Waals surface area contributed by atoms with Crippen molar-refractivity contribution in [1.82, 2.24) is 4.90 Å². The van der Waals surface area contributed by atoms with E-state index in [0.29, 0.717) is 13.0 Å². The van der Waals surface area contributed by atoms with Crippen molar-refractivity contribution in [3.8, 4) is 0 Å². The van der Waals surface area contributed by atoms with E-state index in [2.05, 4.69) is 0 Å². The minimum absolute atomic E-state index is 0.158. The van der Waals surface area contributed by atoms with Gasteiger partial charge in [-0.15, -0.1) is 0 Å². The number of ether oxygens (including phenoxy) is 1. The van der Waals surface area contributed by atoms with Gasteiger partial charge < -0.3 is 15.4 Å². The highest BCUT2D eigenvalue weighted by atomic mass is 19.4. The highest BCUT2D eigenvalue weighted by Gasteiger charge is 2.33. The lowest BCUT2D eigenvalue weighted by Gasteiger charge is -2.22. The zero-order valence-electron chi connectivity index (χ0n) is 9.22. The third-order valence-electron chi connectivity index (χ3n) is 1.90. The molecule has 0 heterocycles. The first kappa shape index (κ1) is 15.2. The molecule has 0 saturated heterocycles. The highest BCUT2D eigenvalue weighted by Crippen LogP contribution is 2.20. The van der Waals surface area contributed by atoms with E-state index in [1.807, 2.05) is 0 Å². The summed E-state index contributed by atoms with van der Waals surface area (Å²) in [5.41, 5.74) is 5.24. The number of carbonyl (C=O) groups excluding carboxylic acids is 1. The lowest BCUT2D eigenvalue weighted by atomic mass is 10.3. The molecule has 1 amide bonds. The monoisotopic (exact) mass is 242 g/mol. The maximum atomic E-state index is 12.0. The highest BCUT2D eigenvalue weighted by molar-refractivity contribution is 5.76. The van der Waals surface area contributed by atoms with Crippen LogP contribution < -0.4 is 5.73 Å². The molecule has 7 heteroatoms. The molecule has 0 aromatic rings. The van der Waals surface area contributed by atoms with E-state index < -0.39 is 18.5 Å². The van der Waals surface area contributed by atoms with Crippen molar-refractivity contribution >= 4 is 5.91 Å². The van der Waals surface area contributed by atoms with Gasteiger partial charge in [0.15, 0.2) is 0 Å². The van der Waals surface area contributed by atoms with E-state index in [4.69, 9.17) is 10.5 Å². The summed E-state index contributed by atoms with van der Waals surface area (Å²) in [6.45, 7) is 0.942. The number of alkyl halides is 3. The van der Waals surface area contributed by atoms with E-state index in [1.54, 1.807) is 0 Å². The molecule has 0 aromatic heterocycles. The van der Waals surface area contributed by atoms with Crippen LogP contribution in [0.4, 0.5) is 13.2 Å². The van der Waals surface area contributed by atoms with Crippen LogP contribution in [-0.2, 0) is 9.53 Å². The summed E-state index contributed by atoms with van der Waals surface area (Å²) in [4.78, 5) is 12.4. The number of amides is 1. The van der Waals surface area contributed by atoms with Crippen molar-refractivity contribution in [2.24, 2.45) is 5.73 Å². The maximum absolute atomic E-state index is 12.0. The SMILES string of the molecule is COCCN(CCCN)C(=O)CC(F)(F)F. The topological polar surface area (TPSA) is 55.6 Å². The molecule has 0 rings (SSSR count). The Hall–Kier alpha value is -0.820. The summed E-state index contributed by atoms with van der Waals surface area (Å²) < 4.78 is 40.7. The van der Waals surface area contributed by atoms with E-state index in [0.717, 1.165) is 4.90 Å². The van der Waals surface area contributed by atoms with E-state index in [9.17, 15) is 18.0 Å². The number of carbonyl (C=O) groups is 1. The average molecular weight is 242 g/mol. The van der Waals surface area contributed by atoms with Crippen molar-refractivity contribution in [3.63, 3.8) is 0 Å². The smallest absolute Gasteiger partial charge is 0.383 e. The fourth-order valence-electron chi connectivity index (χ4n) is 1.13. The average Bonchev–Trinajstić information content (AvgIpc) is 2.15. The molecule has 0 aliphatic carbocycles. The van der Waals surface area contributed by atoms with Crippen LogP contribution in [0.1, 0.15) is 12.8 Å². The number of hydrogen-bond acceptors (Lipinski definition) is 3. The molecule has 0 spiro atoms. The molecule has 0 aliphatic rings. The molecule has 0 unspecified atom stereocenters. The number of halogens is 3. The third-order valence-corrected chi connectivity index (χ3v) is 1.90. The van der Waals surface area contributed by atoms with Gasteiger partial charge in [-0.1, -0.05) is 0 Å². The van der Waals surface area contributed by atoms with Crippen molar-refractivity contribution in [1.29, 1.82) is 0 Å². The zero-order chi connectivity index (χ0) is 12.6. The van der Waals surface area contributed by atoms with Gasteiger partial charge in [0.25, 0.3) is 0 Å². The molecule has 0 fully saturated rings. The van der Waals surface area contributed by atoms with Gasteiger partial charge in [-0.2, -0.15) is 13.2 Å². The fraction of sp³-hybridized carbons (Fsp3) is 0.889. The number of methoxy groups -OCH3 is 1. The van der Waals surface area contributed by atoms with Crippen molar-refractivity contribution < 1.29 is 22.7 Å².